The van der Waals surface area contributed by atoms with Gasteiger partial charge in [0.15, 0.2) is 0 Å². The summed E-state index contributed by atoms with van der Waals surface area (Å²) in [4.78, 5) is 15.9. The van der Waals surface area contributed by atoms with Crippen LogP contribution in [0.3, 0.4) is 0 Å². The maximum absolute atomic E-state index is 12.4. The van der Waals surface area contributed by atoms with E-state index in [-0.39, 0.29) is 17.0 Å². The summed E-state index contributed by atoms with van der Waals surface area (Å²) < 4.78 is 32.9. The number of ether oxygens (including phenoxy) is 1. The van der Waals surface area contributed by atoms with Gasteiger partial charge in [-0.15, -0.1) is 11.3 Å². The van der Waals surface area contributed by atoms with Crippen molar-refractivity contribution in [1.82, 2.24) is 9.71 Å². The number of rotatable bonds is 5. The van der Waals surface area contributed by atoms with Crippen LogP contribution in [0.15, 0.2) is 53.4 Å². The number of esters is 1. The lowest BCUT2D eigenvalue weighted by atomic mass is 10.2. The third-order valence-electron chi connectivity index (χ3n) is 3.32. The number of carbonyl (C=O) groups excluding carboxylic acids is 1. The fourth-order valence-electron chi connectivity index (χ4n) is 2.14. The van der Waals surface area contributed by atoms with Crippen LogP contribution in [0, 0.1) is 0 Å². The second-order valence-electron chi connectivity index (χ2n) is 4.92. The number of methoxy groups -OCH3 is 1. The smallest absolute Gasteiger partial charge is 0.337 e. The highest BCUT2D eigenvalue weighted by Crippen LogP contribution is 2.22. The number of aromatic nitrogens is 1. The Hall–Kier alpha value is -2.29. The highest BCUT2D eigenvalue weighted by molar-refractivity contribution is 7.89. The standard InChI is InChI=1S/C16H14N2O4S2/c1-22-16(19)11-5-4-6-12(9-11)24(20,21)17-10-15-18-13-7-2-3-8-14(13)23-15/h2-9,17H,10H2,1H3. The lowest BCUT2D eigenvalue weighted by Gasteiger charge is -2.06. The van der Waals surface area contributed by atoms with Gasteiger partial charge in [0.2, 0.25) is 10.0 Å². The summed E-state index contributed by atoms with van der Waals surface area (Å²) >= 11 is 1.43. The first kappa shape index (κ1) is 16.6. The fraction of sp³-hybridized carbons (Fsp3) is 0.125. The highest BCUT2D eigenvalue weighted by atomic mass is 32.2. The molecule has 1 aromatic heterocycles. The molecule has 0 aliphatic rings. The van der Waals surface area contributed by atoms with E-state index >= 15 is 0 Å². The molecule has 0 spiro atoms. The molecule has 0 aliphatic carbocycles. The minimum atomic E-state index is -3.75. The van der Waals surface area contributed by atoms with Gasteiger partial charge >= 0.3 is 5.97 Å². The summed E-state index contributed by atoms with van der Waals surface area (Å²) in [5, 5.41) is 0.670. The summed E-state index contributed by atoms with van der Waals surface area (Å²) in [6.45, 7) is 0.0874. The molecular formula is C16H14N2O4S2. The van der Waals surface area contributed by atoms with E-state index in [9.17, 15) is 13.2 Å². The van der Waals surface area contributed by atoms with E-state index in [0.717, 1.165) is 10.2 Å². The number of benzene rings is 2. The highest BCUT2D eigenvalue weighted by Gasteiger charge is 2.17. The van der Waals surface area contributed by atoms with E-state index in [0.29, 0.717) is 5.01 Å². The average molecular weight is 362 g/mol. The zero-order chi connectivity index (χ0) is 17.2. The Labute approximate surface area is 143 Å². The first-order chi connectivity index (χ1) is 11.5. The molecule has 124 valence electrons. The Balaban J connectivity index is 1.79. The van der Waals surface area contributed by atoms with Crippen molar-refractivity contribution >= 4 is 37.5 Å². The Morgan fingerprint density at radius 2 is 2.00 bits per heavy atom. The molecule has 0 bridgehead atoms. The van der Waals surface area contributed by atoms with Crippen molar-refractivity contribution in [1.29, 1.82) is 0 Å². The first-order valence-electron chi connectivity index (χ1n) is 7.02. The van der Waals surface area contributed by atoms with Gasteiger partial charge < -0.3 is 4.74 Å². The summed E-state index contributed by atoms with van der Waals surface area (Å²) in [6.07, 6.45) is 0. The van der Waals surface area contributed by atoms with Crippen LogP contribution in [-0.4, -0.2) is 26.5 Å². The molecule has 0 amide bonds. The van der Waals surface area contributed by atoms with Gasteiger partial charge in [0, 0.05) is 0 Å². The largest absolute Gasteiger partial charge is 0.465 e. The molecule has 1 N–H and O–H groups in total. The minimum absolute atomic E-state index is 0.00603. The van der Waals surface area contributed by atoms with Gasteiger partial charge in [0.1, 0.15) is 5.01 Å². The molecule has 0 saturated heterocycles. The van der Waals surface area contributed by atoms with Gasteiger partial charge in [0.25, 0.3) is 0 Å². The molecule has 0 saturated carbocycles. The first-order valence-corrected chi connectivity index (χ1v) is 9.32. The summed E-state index contributed by atoms with van der Waals surface area (Å²) in [5.74, 6) is -0.585. The van der Waals surface area contributed by atoms with Crippen molar-refractivity contribution in [3.8, 4) is 0 Å². The molecule has 1 heterocycles. The van der Waals surface area contributed by atoms with Crippen molar-refractivity contribution in [3.05, 3.63) is 59.1 Å². The predicted octanol–water partition coefficient (Wildman–Crippen LogP) is 2.56. The SMILES string of the molecule is COC(=O)c1cccc(S(=O)(=O)NCc2nc3ccccc3s2)c1. The van der Waals surface area contributed by atoms with E-state index in [1.807, 2.05) is 24.3 Å². The molecule has 6 nitrogen and oxygen atoms in total. The molecule has 24 heavy (non-hydrogen) atoms. The molecule has 3 aromatic rings. The lowest BCUT2D eigenvalue weighted by molar-refractivity contribution is 0.0600. The monoisotopic (exact) mass is 362 g/mol. The number of thiazole rings is 1. The second-order valence-corrected chi connectivity index (χ2v) is 7.80. The van der Waals surface area contributed by atoms with Crippen LogP contribution in [0.25, 0.3) is 10.2 Å². The summed E-state index contributed by atoms with van der Waals surface area (Å²) in [5.41, 5.74) is 1.02. The zero-order valence-electron chi connectivity index (χ0n) is 12.7. The van der Waals surface area contributed by atoms with Crippen molar-refractivity contribution in [2.45, 2.75) is 11.4 Å². The van der Waals surface area contributed by atoms with Gasteiger partial charge in [-0.3, -0.25) is 0 Å². The fourth-order valence-corrected chi connectivity index (χ4v) is 4.18. The number of para-hydroxylation sites is 1. The van der Waals surface area contributed by atoms with Crippen LogP contribution in [0.5, 0.6) is 0 Å². The van der Waals surface area contributed by atoms with Crippen molar-refractivity contribution < 1.29 is 17.9 Å². The number of nitrogens with one attached hydrogen (secondary N) is 1. The predicted molar refractivity (Wildman–Crippen MR) is 91.4 cm³/mol. The summed E-state index contributed by atoms with van der Waals surface area (Å²) in [6, 6.07) is 13.3. The minimum Gasteiger partial charge on any atom is -0.465 e. The molecule has 0 radical (unpaired) electrons. The van der Waals surface area contributed by atoms with E-state index in [1.165, 1.54) is 42.7 Å². The normalized spacial score (nSPS) is 11.5. The van der Waals surface area contributed by atoms with E-state index < -0.39 is 16.0 Å². The maximum Gasteiger partial charge on any atom is 0.337 e. The molecule has 0 atom stereocenters. The van der Waals surface area contributed by atoms with Crippen LogP contribution >= 0.6 is 11.3 Å². The van der Waals surface area contributed by atoms with Gasteiger partial charge in [-0.25, -0.2) is 22.9 Å². The molecule has 8 heteroatoms. The zero-order valence-corrected chi connectivity index (χ0v) is 14.4. The number of hydrogen-bond donors (Lipinski definition) is 1. The summed E-state index contributed by atoms with van der Waals surface area (Å²) in [7, 11) is -2.51. The molecule has 0 unspecified atom stereocenters. The van der Waals surface area contributed by atoms with Crippen LogP contribution in [0.1, 0.15) is 15.4 Å². The van der Waals surface area contributed by atoms with Gasteiger partial charge in [-0.2, -0.15) is 0 Å². The van der Waals surface area contributed by atoms with Crippen molar-refractivity contribution in [3.63, 3.8) is 0 Å². The Bertz CT molecular complexity index is 963. The number of nitrogens with zero attached hydrogens (tertiary/aromatic N) is 1. The third kappa shape index (κ3) is 3.45. The van der Waals surface area contributed by atoms with E-state index in [4.69, 9.17) is 0 Å². The Morgan fingerprint density at radius 1 is 1.21 bits per heavy atom. The molecular weight excluding hydrogens is 348 g/mol. The third-order valence-corrected chi connectivity index (χ3v) is 5.75. The van der Waals surface area contributed by atoms with Crippen LogP contribution in [0.2, 0.25) is 0 Å². The van der Waals surface area contributed by atoms with Crippen LogP contribution in [0.4, 0.5) is 0 Å². The van der Waals surface area contributed by atoms with Crippen molar-refractivity contribution in [2.24, 2.45) is 0 Å². The number of sulfonamides is 1. The van der Waals surface area contributed by atoms with E-state index in [2.05, 4.69) is 14.4 Å². The lowest BCUT2D eigenvalue weighted by Crippen LogP contribution is -2.23. The van der Waals surface area contributed by atoms with Crippen molar-refractivity contribution in [2.75, 3.05) is 7.11 Å². The van der Waals surface area contributed by atoms with Crippen LogP contribution < -0.4 is 4.72 Å². The number of carbonyl (C=O) groups is 1. The molecule has 2 aromatic carbocycles. The molecule has 0 aliphatic heterocycles. The average Bonchev–Trinajstić information content (AvgIpc) is 3.02. The topological polar surface area (TPSA) is 85.4 Å². The van der Waals surface area contributed by atoms with Crippen LogP contribution in [-0.2, 0) is 21.3 Å². The molecule has 0 fully saturated rings. The molecule has 3 rings (SSSR count). The second kappa shape index (κ2) is 6.68. The quantitative estimate of drug-likeness (QED) is 0.705. The number of hydrogen-bond acceptors (Lipinski definition) is 6. The van der Waals surface area contributed by atoms with Gasteiger partial charge in [0.05, 0.1) is 34.3 Å². The van der Waals surface area contributed by atoms with Gasteiger partial charge in [-0.1, -0.05) is 18.2 Å². The van der Waals surface area contributed by atoms with Gasteiger partial charge in [-0.05, 0) is 30.3 Å². The maximum atomic E-state index is 12.4. The Kier molecular flexibility index (Phi) is 4.61. The number of fused-ring (bicyclic) bond motifs is 1. The van der Waals surface area contributed by atoms with E-state index in [1.54, 1.807) is 0 Å². The Morgan fingerprint density at radius 3 is 2.75 bits per heavy atom.